The van der Waals surface area contributed by atoms with Crippen molar-refractivity contribution in [1.29, 1.82) is 0 Å². The molecule has 0 aliphatic heterocycles. The molecule has 0 aromatic carbocycles. The van der Waals surface area contributed by atoms with E-state index < -0.39 is 32.8 Å². The summed E-state index contributed by atoms with van der Waals surface area (Å²) in [4.78, 5) is 0. The molecule has 6 heteroatoms. The van der Waals surface area contributed by atoms with E-state index in [0.717, 1.165) is 12.2 Å². The highest BCUT2D eigenvalue weighted by Crippen LogP contribution is 2.39. The van der Waals surface area contributed by atoms with Crippen LogP contribution in [-0.2, 0) is 13.6 Å². The van der Waals surface area contributed by atoms with Crippen LogP contribution in [0.1, 0.15) is 12.8 Å². The van der Waals surface area contributed by atoms with Gasteiger partial charge in [0.1, 0.15) is 0 Å². The molecule has 0 amide bonds. The maximum absolute atomic E-state index is 13.6. The molecule has 0 aliphatic rings. The third kappa shape index (κ3) is 5.21. The van der Waals surface area contributed by atoms with E-state index in [1.807, 2.05) is 0 Å². The molecule has 2 atom stereocenters. The maximum atomic E-state index is 13.6. The summed E-state index contributed by atoms with van der Waals surface area (Å²) in [5.74, 6) is -2.11. The molecular weight excluding hydrogens is 261 g/mol. The fourth-order valence-corrected chi connectivity index (χ4v) is 1.64. The van der Waals surface area contributed by atoms with Crippen molar-refractivity contribution in [3.05, 3.63) is 25.3 Å². The lowest BCUT2D eigenvalue weighted by Crippen LogP contribution is -2.25. The van der Waals surface area contributed by atoms with Gasteiger partial charge in [0.2, 0.25) is 0 Å². The van der Waals surface area contributed by atoms with Gasteiger partial charge in [-0.2, -0.15) is 8.78 Å². The minimum atomic E-state index is -3.17. The molecule has 0 fully saturated rings. The molecule has 0 aromatic rings. The van der Waals surface area contributed by atoms with Crippen LogP contribution in [0.15, 0.2) is 25.3 Å². The Morgan fingerprint density at radius 3 is 1.67 bits per heavy atom. The number of rotatable bonds is 8. The molecule has 3 nitrogen and oxygen atoms in total. The second-order valence-electron chi connectivity index (χ2n) is 3.14. The van der Waals surface area contributed by atoms with E-state index in [-0.39, 0.29) is 0 Å². The van der Waals surface area contributed by atoms with E-state index >= 15 is 0 Å². The highest BCUT2D eigenvalue weighted by atomic mass is 31.1. The van der Waals surface area contributed by atoms with Gasteiger partial charge in [-0.15, -0.1) is 26.0 Å². The van der Waals surface area contributed by atoms with Crippen molar-refractivity contribution in [2.75, 3.05) is 0 Å². The molecule has 0 aliphatic carbocycles. The fourth-order valence-electron chi connectivity index (χ4n) is 0.871. The second kappa shape index (κ2) is 7.03. The van der Waals surface area contributed by atoms with E-state index in [1.54, 1.807) is 11.8 Å². The van der Waals surface area contributed by atoms with E-state index in [2.05, 4.69) is 22.2 Å². The lowest BCUT2D eigenvalue weighted by Gasteiger charge is -2.12. The fraction of sp³-hybridized carbons (Fsp3) is 0.333. The first kappa shape index (κ1) is 16.5. The summed E-state index contributed by atoms with van der Waals surface area (Å²) in [6.07, 6.45) is 11.1. The zero-order valence-electron chi connectivity index (χ0n) is 9.57. The van der Waals surface area contributed by atoms with Crippen molar-refractivity contribution in [3.63, 3.8) is 0 Å². The standard InChI is InChI=1S/C12H12F2O3P/c1-5-9-11(13,7-3)16-18(15)17-12(14,8-4)10-6-2/h3-6H,1-2,9-10H2/q+1. The highest BCUT2D eigenvalue weighted by Gasteiger charge is 2.46. The van der Waals surface area contributed by atoms with Crippen LogP contribution in [0.4, 0.5) is 8.78 Å². The molecule has 18 heavy (non-hydrogen) atoms. The maximum Gasteiger partial charge on any atom is 0.706 e. The Kier molecular flexibility index (Phi) is 6.44. The second-order valence-corrected chi connectivity index (χ2v) is 3.95. The van der Waals surface area contributed by atoms with Gasteiger partial charge in [-0.3, -0.25) is 0 Å². The van der Waals surface area contributed by atoms with Gasteiger partial charge in [0.25, 0.3) is 0 Å². The van der Waals surface area contributed by atoms with Gasteiger partial charge in [-0.1, -0.05) is 21.2 Å². The lowest BCUT2D eigenvalue weighted by atomic mass is 10.2. The first-order chi connectivity index (χ1) is 8.34. The molecule has 96 valence electrons. The quantitative estimate of drug-likeness (QED) is 0.386. The topological polar surface area (TPSA) is 35.5 Å². The Morgan fingerprint density at radius 2 is 1.44 bits per heavy atom. The molecule has 0 rings (SSSR count). The summed E-state index contributed by atoms with van der Waals surface area (Å²) in [6.45, 7) is 6.50. The van der Waals surface area contributed by atoms with E-state index in [4.69, 9.17) is 12.8 Å². The first-order valence-electron chi connectivity index (χ1n) is 4.75. The van der Waals surface area contributed by atoms with Crippen LogP contribution in [-0.4, -0.2) is 11.7 Å². The first-order valence-corrected chi connectivity index (χ1v) is 5.85. The molecular formula is C12H12F2O3P+. The Hall–Kier alpha value is -1.52. The summed E-state index contributed by atoms with van der Waals surface area (Å²) < 4.78 is 47.2. The van der Waals surface area contributed by atoms with E-state index in [9.17, 15) is 13.3 Å². The van der Waals surface area contributed by atoms with Crippen molar-refractivity contribution in [3.8, 4) is 24.7 Å². The number of hydrogen-bond acceptors (Lipinski definition) is 3. The largest absolute Gasteiger partial charge is 0.706 e. The highest BCUT2D eigenvalue weighted by molar-refractivity contribution is 7.33. The predicted octanol–water partition coefficient (Wildman–Crippen LogP) is 3.43. The average molecular weight is 273 g/mol. The lowest BCUT2D eigenvalue weighted by molar-refractivity contribution is -0.0499. The van der Waals surface area contributed by atoms with Crippen molar-refractivity contribution >= 4 is 8.25 Å². The van der Waals surface area contributed by atoms with Gasteiger partial charge in [-0.05, 0) is 11.8 Å². The van der Waals surface area contributed by atoms with E-state index in [0.29, 0.717) is 0 Å². The van der Waals surface area contributed by atoms with Gasteiger partial charge in [-0.25, -0.2) is 0 Å². The number of hydrogen-bond donors (Lipinski definition) is 0. The summed E-state index contributed by atoms with van der Waals surface area (Å²) in [5.41, 5.74) is 0. The van der Waals surface area contributed by atoms with Crippen LogP contribution in [0.5, 0.6) is 0 Å². The summed E-state index contributed by atoms with van der Waals surface area (Å²) in [6, 6.07) is 0. The van der Waals surface area contributed by atoms with Crippen molar-refractivity contribution < 1.29 is 22.4 Å². The Morgan fingerprint density at radius 1 is 1.11 bits per heavy atom. The van der Waals surface area contributed by atoms with Crippen LogP contribution in [0.2, 0.25) is 0 Å². The van der Waals surface area contributed by atoms with Crippen LogP contribution in [0, 0.1) is 24.7 Å². The Labute approximate surface area is 106 Å². The molecule has 0 saturated heterocycles. The molecule has 2 unspecified atom stereocenters. The molecule has 0 heterocycles. The van der Waals surface area contributed by atoms with Crippen molar-refractivity contribution in [2.45, 2.75) is 24.6 Å². The normalized spacial score (nSPS) is 17.4. The molecule has 0 radical (unpaired) electrons. The smallest absolute Gasteiger partial charge is 0.192 e. The number of halogens is 2. The Balaban J connectivity index is 4.70. The van der Waals surface area contributed by atoms with Gasteiger partial charge in [0.05, 0.1) is 0 Å². The van der Waals surface area contributed by atoms with Gasteiger partial charge >= 0.3 is 20.0 Å². The monoisotopic (exact) mass is 273 g/mol. The molecule has 0 spiro atoms. The summed E-state index contributed by atoms with van der Waals surface area (Å²) in [7, 11) is -3.17. The Bertz CT molecular complexity index is 386. The summed E-state index contributed by atoms with van der Waals surface area (Å²) in [5, 5.41) is 0. The molecule has 0 saturated carbocycles. The number of terminal acetylenes is 2. The third-order valence-corrected chi connectivity index (χ3v) is 2.56. The minimum Gasteiger partial charge on any atom is -0.192 e. The number of alkyl halides is 2. The molecule has 0 bridgehead atoms. The third-order valence-electron chi connectivity index (χ3n) is 1.68. The van der Waals surface area contributed by atoms with Crippen LogP contribution >= 0.6 is 8.25 Å². The zero-order chi connectivity index (χ0) is 14.2. The average Bonchev–Trinajstić information content (AvgIpc) is 2.29. The molecule has 0 N–H and O–H groups in total. The van der Waals surface area contributed by atoms with Gasteiger partial charge in [0.15, 0.2) is 0 Å². The predicted molar refractivity (Wildman–Crippen MR) is 64.7 cm³/mol. The minimum absolute atomic E-state index is 0.426. The van der Waals surface area contributed by atoms with Crippen LogP contribution in [0.25, 0.3) is 0 Å². The summed E-state index contributed by atoms with van der Waals surface area (Å²) >= 11 is 0. The van der Waals surface area contributed by atoms with Gasteiger partial charge < -0.3 is 0 Å². The van der Waals surface area contributed by atoms with E-state index in [1.165, 1.54) is 0 Å². The van der Waals surface area contributed by atoms with Crippen LogP contribution < -0.4 is 0 Å². The van der Waals surface area contributed by atoms with Crippen LogP contribution in [0.3, 0.4) is 0 Å². The molecule has 0 aromatic heterocycles. The van der Waals surface area contributed by atoms with Gasteiger partial charge in [0, 0.05) is 17.4 Å². The van der Waals surface area contributed by atoms with Crippen molar-refractivity contribution in [1.82, 2.24) is 0 Å². The van der Waals surface area contributed by atoms with Crippen molar-refractivity contribution in [2.24, 2.45) is 0 Å². The zero-order valence-corrected chi connectivity index (χ0v) is 10.5. The SMILES string of the molecule is C#CC(F)(CC=C)O[P+](=O)OC(F)(C#C)CC=C.